The molecule has 0 bridgehead atoms. The highest BCUT2D eigenvalue weighted by Crippen LogP contribution is 2.23. The third-order valence-electron chi connectivity index (χ3n) is 4.04. The number of aromatic nitrogens is 1. The number of hydrogen-bond donors (Lipinski definition) is 1. The van der Waals surface area contributed by atoms with Crippen molar-refractivity contribution in [1.82, 2.24) is 15.2 Å². The molecule has 0 amide bonds. The van der Waals surface area contributed by atoms with E-state index in [1.807, 2.05) is 12.4 Å². The van der Waals surface area contributed by atoms with Gasteiger partial charge < -0.3 is 15.0 Å². The number of fused-ring (bicyclic) bond motifs is 1. The molecule has 5 heteroatoms. The number of anilines is 1. The molecule has 3 rings (SSSR count). The van der Waals surface area contributed by atoms with E-state index >= 15 is 0 Å². The van der Waals surface area contributed by atoms with Crippen LogP contribution >= 0.6 is 0 Å². The average molecular weight is 262 g/mol. The molecular formula is C14H22N4O. The molecule has 2 atom stereocenters. The first kappa shape index (κ1) is 12.8. The normalized spacial score (nSPS) is 27.3. The maximum Gasteiger partial charge on any atom is 0.0867 e. The van der Waals surface area contributed by atoms with Crippen molar-refractivity contribution >= 4 is 5.69 Å². The third-order valence-corrected chi connectivity index (χ3v) is 4.04. The molecule has 0 aromatic carbocycles. The van der Waals surface area contributed by atoms with Gasteiger partial charge in [-0.15, -0.1) is 0 Å². The molecule has 1 N–H and O–H groups in total. The Morgan fingerprint density at radius 1 is 1.47 bits per heavy atom. The van der Waals surface area contributed by atoms with E-state index < -0.39 is 0 Å². The molecule has 0 radical (unpaired) electrons. The van der Waals surface area contributed by atoms with Crippen LogP contribution < -0.4 is 10.2 Å². The summed E-state index contributed by atoms with van der Waals surface area (Å²) >= 11 is 0. The summed E-state index contributed by atoms with van der Waals surface area (Å²) in [5.74, 6) is 0. The number of nitrogens with zero attached hydrogens (tertiary/aromatic N) is 3. The van der Waals surface area contributed by atoms with Crippen LogP contribution in [0.1, 0.15) is 5.56 Å². The van der Waals surface area contributed by atoms with Crippen LogP contribution in [0.4, 0.5) is 5.69 Å². The Balaban J connectivity index is 1.77. The molecule has 0 spiro atoms. The molecule has 0 unspecified atom stereocenters. The van der Waals surface area contributed by atoms with Gasteiger partial charge in [0.25, 0.3) is 0 Å². The SMILES string of the molecule is CN(C)c1ccncc1CN1CCO[C@H]2CNC[C@H]21. The van der Waals surface area contributed by atoms with E-state index in [-0.39, 0.29) is 0 Å². The lowest BCUT2D eigenvalue weighted by atomic mass is 10.1. The first-order chi connectivity index (χ1) is 9.25. The lowest BCUT2D eigenvalue weighted by Crippen LogP contribution is -2.50. The highest BCUT2D eigenvalue weighted by molar-refractivity contribution is 5.50. The minimum Gasteiger partial charge on any atom is -0.377 e. The van der Waals surface area contributed by atoms with Gasteiger partial charge in [-0.3, -0.25) is 9.88 Å². The summed E-state index contributed by atoms with van der Waals surface area (Å²) in [6.45, 7) is 4.80. The molecule has 104 valence electrons. The van der Waals surface area contributed by atoms with Crippen molar-refractivity contribution in [3.63, 3.8) is 0 Å². The molecule has 1 aromatic rings. The largest absolute Gasteiger partial charge is 0.377 e. The zero-order chi connectivity index (χ0) is 13.2. The Labute approximate surface area is 114 Å². The van der Waals surface area contributed by atoms with E-state index in [4.69, 9.17) is 4.74 Å². The van der Waals surface area contributed by atoms with Gasteiger partial charge in [0.1, 0.15) is 0 Å². The molecule has 3 heterocycles. The minimum absolute atomic E-state index is 0.355. The first-order valence-corrected chi connectivity index (χ1v) is 6.92. The summed E-state index contributed by atoms with van der Waals surface area (Å²) in [6.07, 6.45) is 4.20. The standard InChI is InChI=1S/C14H22N4O/c1-17(2)12-3-4-15-7-11(12)10-18-5-6-19-14-9-16-8-13(14)18/h3-4,7,13-14,16H,5-6,8-10H2,1-2H3/t13-,14+/m1/s1. The van der Waals surface area contributed by atoms with Crippen LogP contribution in [0.25, 0.3) is 0 Å². The smallest absolute Gasteiger partial charge is 0.0867 e. The van der Waals surface area contributed by atoms with Crippen molar-refractivity contribution in [2.75, 3.05) is 45.2 Å². The fraction of sp³-hybridized carbons (Fsp3) is 0.643. The summed E-state index contributed by atoms with van der Waals surface area (Å²) in [5, 5.41) is 3.42. The van der Waals surface area contributed by atoms with Crippen molar-refractivity contribution in [3.05, 3.63) is 24.0 Å². The van der Waals surface area contributed by atoms with Crippen LogP contribution in [0.3, 0.4) is 0 Å². The Hall–Kier alpha value is -1.17. The molecule has 19 heavy (non-hydrogen) atoms. The number of rotatable bonds is 3. The van der Waals surface area contributed by atoms with Gasteiger partial charge in [0.05, 0.1) is 12.7 Å². The molecule has 2 aliphatic rings. The van der Waals surface area contributed by atoms with Gasteiger partial charge in [0, 0.05) is 70.0 Å². The Bertz CT molecular complexity index is 437. The zero-order valence-electron chi connectivity index (χ0n) is 11.7. The van der Waals surface area contributed by atoms with Gasteiger partial charge in [0.15, 0.2) is 0 Å². The summed E-state index contributed by atoms with van der Waals surface area (Å²) in [4.78, 5) is 8.96. The van der Waals surface area contributed by atoms with Crippen LogP contribution in [0.15, 0.2) is 18.5 Å². The Morgan fingerprint density at radius 2 is 2.37 bits per heavy atom. The number of nitrogens with one attached hydrogen (secondary N) is 1. The summed E-state index contributed by atoms with van der Waals surface area (Å²) in [6, 6.07) is 2.59. The second-order valence-corrected chi connectivity index (χ2v) is 5.50. The van der Waals surface area contributed by atoms with E-state index in [1.165, 1.54) is 11.3 Å². The molecule has 2 fully saturated rings. The monoisotopic (exact) mass is 262 g/mol. The van der Waals surface area contributed by atoms with Crippen molar-refractivity contribution in [2.45, 2.75) is 18.7 Å². The minimum atomic E-state index is 0.355. The highest BCUT2D eigenvalue weighted by atomic mass is 16.5. The predicted octanol–water partition coefficient (Wildman–Crippen LogP) is 0.320. The van der Waals surface area contributed by atoms with Crippen LogP contribution in [0.2, 0.25) is 0 Å². The lowest BCUT2D eigenvalue weighted by Gasteiger charge is -2.37. The number of hydrogen-bond acceptors (Lipinski definition) is 5. The topological polar surface area (TPSA) is 40.6 Å². The molecular weight excluding hydrogens is 240 g/mol. The first-order valence-electron chi connectivity index (χ1n) is 6.92. The quantitative estimate of drug-likeness (QED) is 0.849. The second-order valence-electron chi connectivity index (χ2n) is 5.50. The lowest BCUT2D eigenvalue weighted by molar-refractivity contribution is -0.0500. The molecule has 2 aliphatic heterocycles. The van der Waals surface area contributed by atoms with Gasteiger partial charge in [-0.05, 0) is 6.07 Å². The molecule has 2 saturated heterocycles. The van der Waals surface area contributed by atoms with Crippen LogP contribution in [0, 0.1) is 0 Å². The predicted molar refractivity (Wildman–Crippen MR) is 75.4 cm³/mol. The van der Waals surface area contributed by atoms with Gasteiger partial charge in [-0.1, -0.05) is 0 Å². The van der Waals surface area contributed by atoms with Gasteiger partial charge >= 0.3 is 0 Å². The van der Waals surface area contributed by atoms with Gasteiger partial charge in [-0.25, -0.2) is 0 Å². The fourth-order valence-electron chi connectivity index (χ4n) is 3.06. The summed E-state index contributed by atoms with van der Waals surface area (Å²) in [7, 11) is 4.16. The van der Waals surface area contributed by atoms with E-state index in [9.17, 15) is 0 Å². The highest BCUT2D eigenvalue weighted by Gasteiger charge is 2.36. The van der Waals surface area contributed by atoms with Gasteiger partial charge in [0.2, 0.25) is 0 Å². The Kier molecular flexibility index (Phi) is 3.68. The van der Waals surface area contributed by atoms with Crippen LogP contribution in [-0.4, -0.2) is 62.4 Å². The summed E-state index contributed by atoms with van der Waals surface area (Å²) in [5.41, 5.74) is 2.55. The summed E-state index contributed by atoms with van der Waals surface area (Å²) < 4.78 is 5.82. The van der Waals surface area contributed by atoms with Crippen molar-refractivity contribution in [3.8, 4) is 0 Å². The Morgan fingerprint density at radius 3 is 3.21 bits per heavy atom. The average Bonchev–Trinajstić information content (AvgIpc) is 2.88. The number of pyridine rings is 1. The number of ether oxygens (including phenoxy) is 1. The number of morpholine rings is 1. The maximum atomic E-state index is 5.82. The second kappa shape index (κ2) is 5.45. The van der Waals surface area contributed by atoms with Crippen molar-refractivity contribution in [1.29, 1.82) is 0 Å². The van der Waals surface area contributed by atoms with E-state index in [2.05, 4.69) is 40.3 Å². The van der Waals surface area contributed by atoms with E-state index in [1.54, 1.807) is 0 Å². The van der Waals surface area contributed by atoms with E-state index in [0.717, 1.165) is 32.8 Å². The third kappa shape index (κ3) is 2.59. The van der Waals surface area contributed by atoms with E-state index in [0.29, 0.717) is 12.1 Å². The molecule has 5 nitrogen and oxygen atoms in total. The molecule has 0 saturated carbocycles. The maximum absolute atomic E-state index is 5.82. The van der Waals surface area contributed by atoms with Crippen molar-refractivity contribution in [2.24, 2.45) is 0 Å². The molecule has 0 aliphatic carbocycles. The van der Waals surface area contributed by atoms with Crippen LogP contribution in [0.5, 0.6) is 0 Å². The van der Waals surface area contributed by atoms with Crippen LogP contribution in [-0.2, 0) is 11.3 Å². The fourth-order valence-corrected chi connectivity index (χ4v) is 3.06. The van der Waals surface area contributed by atoms with Crippen molar-refractivity contribution < 1.29 is 4.74 Å². The van der Waals surface area contributed by atoms with Gasteiger partial charge in [-0.2, -0.15) is 0 Å². The zero-order valence-corrected chi connectivity index (χ0v) is 11.7. The molecule has 1 aromatic heterocycles.